The van der Waals surface area contributed by atoms with Crippen molar-refractivity contribution >= 4 is 50.9 Å². The molecule has 0 aliphatic carbocycles. The van der Waals surface area contributed by atoms with Crippen molar-refractivity contribution in [1.82, 2.24) is 24.7 Å². The van der Waals surface area contributed by atoms with Crippen LogP contribution in [0.1, 0.15) is 38.8 Å². The Morgan fingerprint density at radius 3 is 2.34 bits per heavy atom. The smallest absolute Gasteiger partial charge is 0.136 e. The van der Waals surface area contributed by atoms with E-state index in [2.05, 4.69) is 38.1 Å². The first-order valence-corrected chi connectivity index (χ1v) is 15.2. The summed E-state index contributed by atoms with van der Waals surface area (Å²) < 4.78 is 5.10. The van der Waals surface area contributed by atoms with Crippen LogP contribution in [0.3, 0.4) is 0 Å². The van der Waals surface area contributed by atoms with E-state index in [9.17, 15) is 10.2 Å². The number of anilines is 3. The van der Waals surface area contributed by atoms with Gasteiger partial charge in [0.25, 0.3) is 0 Å². The lowest BCUT2D eigenvalue weighted by atomic mass is 9.98. The number of pyridine rings is 3. The molecule has 0 unspecified atom stereocenters. The molecule has 0 aliphatic heterocycles. The van der Waals surface area contributed by atoms with Crippen molar-refractivity contribution in [3.8, 4) is 11.3 Å². The van der Waals surface area contributed by atoms with E-state index in [1.165, 1.54) is 11.9 Å². The molecule has 2 aromatic carbocycles. The van der Waals surface area contributed by atoms with Gasteiger partial charge in [-0.05, 0) is 112 Å². The summed E-state index contributed by atoms with van der Waals surface area (Å²) in [5.74, 6) is 1.40. The van der Waals surface area contributed by atoms with E-state index in [1.54, 1.807) is 33.9 Å². The maximum Gasteiger partial charge on any atom is 0.136 e. The van der Waals surface area contributed by atoms with Gasteiger partial charge in [0.05, 0.1) is 35.2 Å². The summed E-state index contributed by atoms with van der Waals surface area (Å²) in [6.07, 6.45) is 7.23. The van der Waals surface area contributed by atoms with Crippen molar-refractivity contribution in [2.75, 3.05) is 10.0 Å². The van der Waals surface area contributed by atoms with Crippen molar-refractivity contribution < 1.29 is 10.2 Å². The highest BCUT2D eigenvalue weighted by Crippen LogP contribution is 2.34. The van der Waals surface area contributed by atoms with Gasteiger partial charge in [0.2, 0.25) is 0 Å². The van der Waals surface area contributed by atoms with Gasteiger partial charge in [0.15, 0.2) is 0 Å². The third-order valence-corrected chi connectivity index (χ3v) is 8.22. The van der Waals surface area contributed by atoms with Crippen molar-refractivity contribution in [3.63, 3.8) is 0 Å². The Balaban J connectivity index is 1.22. The van der Waals surface area contributed by atoms with Crippen molar-refractivity contribution in [2.24, 2.45) is 0 Å². The number of aryl methyl sites for hydroxylation is 1. The second-order valence-electron chi connectivity index (χ2n) is 12.1. The van der Waals surface area contributed by atoms with Crippen molar-refractivity contribution in [3.05, 3.63) is 96.6 Å². The Kier molecular flexibility index (Phi) is 7.75. The highest BCUT2D eigenvalue weighted by atomic mass is 32.2. The summed E-state index contributed by atoms with van der Waals surface area (Å²) in [5.41, 5.74) is 3.88. The lowest BCUT2D eigenvalue weighted by molar-refractivity contribution is 0.0591. The van der Waals surface area contributed by atoms with Crippen LogP contribution in [-0.2, 0) is 12.1 Å². The molecular weight excluding hydrogens is 570 g/mol. The number of fused-ring (bicyclic) bond motifs is 2. The Bertz CT molecular complexity index is 1960. The standard InChI is InChI=1S/C34H35N7O2S/c1-21-26(10-11-29-28(21)19-38-41(29)20-33(2,3)42)32-27-17-30(37-18-22(27)12-14-36-32)39-24-6-8-25(9-7-24)44-40-31-16-23(13-15-35-31)34(4,5)43/h6-19,42-43H,20H2,1-5H3,(H,35,40)(H,37,39). The SMILES string of the molecule is Cc1c(-c2nccc3cnc(Nc4ccc(SNc5cc(C(C)(C)O)ccn5)cc4)cc23)ccc2c1cnn2CC(C)(C)O. The minimum absolute atomic E-state index is 0.410. The Morgan fingerprint density at radius 1 is 0.818 bits per heavy atom. The van der Waals surface area contributed by atoms with E-state index >= 15 is 0 Å². The molecule has 0 saturated heterocycles. The van der Waals surface area contributed by atoms with Gasteiger partial charge in [-0.15, -0.1) is 0 Å². The third-order valence-electron chi connectivity index (χ3n) is 7.40. The highest BCUT2D eigenvalue weighted by Gasteiger charge is 2.19. The molecule has 224 valence electrons. The van der Waals surface area contributed by atoms with Crippen LogP contribution in [0, 0.1) is 6.92 Å². The molecule has 0 atom stereocenters. The summed E-state index contributed by atoms with van der Waals surface area (Å²) in [7, 11) is 0. The molecule has 0 bridgehead atoms. The average molecular weight is 606 g/mol. The van der Waals surface area contributed by atoms with Gasteiger partial charge >= 0.3 is 0 Å². The molecule has 4 N–H and O–H groups in total. The van der Waals surface area contributed by atoms with Crippen LogP contribution in [0.2, 0.25) is 0 Å². The highest BCUT2D eigenvalue weighted by molar-refractivity contribution is 8.00. The van der Waals surface area contributed by atoms with E-state index in [-0.39, 0.29) is 0 Å². The van der Waals surface area contributed by atoms with Crippen LogP contribution in [0.4, 0.5) is 17.3 Å². The van der Waals surface area contributed by atoms with Crippen LogP contribution in [0.15, 0.2) is 90.3 Å². The van der Waals surface area contributed by atoms with Gasteiger partial charge in [-0.25, -0.2) is 9.97 Å². The molecule has 4 aromatic heterocycles. The fourth-order valence-electron chi connectivity index (χ4n) is 5.12. The van der Waals surface area contributed by atoms with Crippen LogP contribution >= 0.6 is 11.9 Å². The van der Waals surface area contributed by atoms with Gasteiger partial charge < -0.3 is 20.3 Å². The Labute approximate surface area is 260 Å². The van der Waals surface area contributed by atoms with E-state index in [4.69, 9.17) is 4.98 Å². The molecule has 44 heavy (non-hydrogen) atoms. The monoisotopic (exact) mass is 605 g/mol. The van der Waals surface area contributed by atoms with E-state index in [0.29, 0.717) is 12.4 Å². The lowest BCUT2D eigenvalue weighted by Crippen LogP contribution is -2.26. The van der Waals surface area contributed by atoms with Gasteiger partial charge in [0.1, 0.15) is 11.6 Å². The van der Waals surface area contributed by atoms with Crippen molar-refractivity contribution in [1.29, 1.82) is 0 Å². The third kappa shape index (κ3) is 6.37. The Hall–Kier alpha value is -4.51. The number of benzene rings is 2. The molecule has 10 heteroatoms. The molecule has 0 radical (unpaired) electrons. The predicted octanol–water partition coefficient (Wildman–Crippen LogP) is 7.21. The van der Waals surface area contributed by atoms with Crippen LogP contribution in [0.25, 0.3) is 32.9 Å². The molecule has 6 rings (SSSR count). The molecule has 0 amide bonds. The number of hydrogen-bond donors (Lipinski definition) is 4. The molecule has 0 saturated carbocycles. The number of aromatic nitrogens is 5. The summed E-state index contributed by atoms with van der Waals surface area (Å²) in [5, 5.41) is 31.6. The quantitative estimate of drug-likeness (QED) is 0.127. The Morgan fingerprint density at radius 2 is 1.59 bits per heavy atom. The normalized spacial score (nSPS) is 12.2. The maximum absolute atomic E-state index is 10.3. The number of rotatable bonds is 9. The molecule has 9 nitrogen and oxygen atoms in total. The van der Waals surface area contributed by atoms with Gasteiger partial charge in [-0.1, -0.05) is 6.07 Å². The molecule has 6 aromatic rings. The summed E-state index contributed by atoms with van der Waals surface area (Å²) in [6, 6.07) is 19.8. The maximum atomic E-state index is 10.3. The van der Waals surface area contributed by atoms with Crippen LogP contribution in [0.5, 0.6) is 0 Å². The minimum atomic E-state index is -0.931. The summed E-state index contributed by atoms with van der Waals surface area (Å²) in [6.45, 7) is 9.57. The van der Waals surface area contributed by atoms with Gasteiger partial charge in [-0.2, -0.15) is 5.10 Å². The first kappa shape index (κ1) is 29.6. The topological polar surface area (TPSA) is 121 Å². The first-order valence-electron chi connectivity index (χ1n) is 14.4. The zero-order valence-electron chi connectivity index (χ0n) is 25.3. The van der Waals surface area contributed by atoms with E-state index in [0.717, 1.165) is 60.5 Å². The summed E-state index contributed by atoms with van der Waals surface area (Å²) in [4.78, 5) is 14.8. The van der Waals surface area contributed by atoms with Crippen LogP contribution in [-0.4, -0.2) is 40.5 Å². The zero-order chi connectivity index (χ0) is 31.1. The molecule has 4 heterocycles. The molecule has 0 fully saturated rings. The minimum Gasteiger partial charge on any atom is -0.389 e. The van der Waals surface area contributed by atoms with Crippen LogP contribution < -0.4 is 10.0 Å². The largest absolute Gasteiger partial charge is 0.389 e. The molecule has 0 aliphatic rings. The second kappa shape index (κ2) is 11.5. The van der Waals surface area contributed by atoms with E-state index in [1.807, 2.05) is 77.9 Å². The van der Waals surface area contributed by atoms with Gasteiger partial charge in [-0.3, -0.25) is 9.67 Å². The molecular formula is C34H35N7O2S. The fourth-order valence-corrected chi connectivity index (χ4v) is 5.73. The number of aliphatic hydroxyl groups is 2. The second-order valence-corrected chi connectivity index (χ2v) is 13.0. The first-order chi connectivity index (χ1) is 20.9. The van der Waals surface area contributed by atoms with Crippen molar-refractivity contribution in [2.45, 2.75) is 57.3 Å². The number of nitrogens with one attached hydrogen (secondary N) is 2. The molecule has 0 spiro atoms. The summed E-state index contributed by atoms with van der Waals surface area (Å²) >= 11 is 1.45. The van der Waals surface area contributed by atoms with E-state index < -0.39 is 11.2 Å². The number of hydrogen-bond acceptors (Lipinski definition) is 9. The fraction of sp³-hybridized carbons (Fsp3) is 0.235. The lowest BCUT2D eigenvalue weighted by Gasteiger charge is -2.18. The predicted molar refractivity (Wildman–Crippen MR) is 178 cm³/mol. The zero-order valence-corrected chi connectivity index (χ0v) is 26.1. The number of nitrogens with zero attached hydrogens (tertiary/aromatic N) is 5. The van der Waals surface area contributed by atoms with Gasteiger partial charge in [0, 0.05) is 50.9 Å². The average Bonchev–Trinajstić information content (AvgIpc) is 3.38.